The number of ether oxygens (including phenoxy) is 2. The number of aromatic amines is 1. The van der Waals surface area contributed by atoms with Crippen LogP contribution in [0.2, 0.25) is 0 Å². The quantitative estimate of drug-likeness (QED) is 0.759. The number of nitrogens with one attached hydrogen (secondary N) is 1. The molecule has 114 valence electrons. The van der Waals surface area contributed by atoms with Crippen LogP contribution < -0.4 is 15.2 Å². The number of methoxy groups -OCH3 is 2. The SMILES string of the molecule is COc1cc(OC)c2c(-c3ccccc3)c[nH]c2c1CCN. The predicted molar refractivity (Wildman–Crippen MR) is 89.6 cm³/mol. The number of aromatic nitrogens is 1. The van der Waals surface area contributed by atoms with Crippen LogP contribution in [-0.2, 0) is 6.42 Å². The summed E-state index contributed by atoms with van der Waals surface area (Å²) >= 11 is 0. The van der Waals surface area contributed by atoms with Crippen molar-refractivity contribution >= 4 is 10.9 Å². The zero-order valence-electron chi connectivity index (χ0n) is 12.8. The molecule has 0 aliphatic carbocycles. The van der Waals surface area contributed by atoms with Gasteiger partial charge in [-0.3, -0.25) is 0 Å². The van der Waals surface area contributed by atoms with Crippen molar-refractivity contribution < 1.29 is 9.47 Å². The van der Waals surface area contributed by atoms with Gasteiger partial charge < -0.3 is 20.2 Å². The van der Waals surface area contributed by atoms with Gasteiger partial charge in [-0.25, -0.2) is 0 Å². The van der Waals surface area contributed by atoms with Crippen LogP contribution in [0.1, 0.15) is 5.56 Å². The number of hydrogen-bond donors (Lipinski definition) is 2. The Hall–Kier alpha value is -2.46. The number of fused-ring (bicyclic) bond motifs is 1. The minimum Gasteiger partial charge on any atom is -0.496 e. The van der Waals surface area contributed by atoms with Gasteiger partial charge in [-0.1, -0.05) is 30.3 Å². The van der Waals surface area contributed by atoms with Gasteiger partial charge in [0.05, 0.1) is 19.7 Å². The zero-order chi connectivity index (χ0) is 15.5. The van der Waals surface area contributed by atoms with Crippen LogP contribution >= 0.6 is 0 Å². The minimum absolute atomic E-state index is 0.567. The Bertz CT molecular complexity index is 779. The topological polar surface area (TPSA) is 60.3 Å². The molecule has 0 bridgehead atoms. The maximum Gasteiger partial charge on any atom is 0.132 e. The molecule has 4 heteroatoms. The molecule has 2 aromatic carbocycles. The van der Waals surface area contributed by atoms with Crippen molar-refractivity contribution in [3.63, 3.8) is 0 Å². The summed E-state index contributed by atoms with van der Waals surface area (Å²) in [5.74, 6) is 1.60. The number of H-pyrrole nitrogens is 1. The van der Waals surface area contributed by atoms with Crippen LogP contribution in [0.15, 0.2) is 42.6 Å². The van der Waals surface area contributed by atoms with E-state index in [9.17, 15) is 0 Å². The Morgan fingerprint density at radius 1 is 1.05 bits per heavy atom. The molecule has 0 aliphatic heterocycles. The van der Waals surface area contributed by atoms with Crippen molar-refractivity contribution in [2.45, 2.75) is 6.42 Å². The summed E-state index contributed by atoms with van der Waals surface area (Å²) in [6, 6.07) is 12.2. The molecule has 0 fully saturated rings. The number of benzene rings is 2. The first kappa shape index (κ1) is 14.5. The lowest BCUT2D eigenvalue weighted by molar-refractivity contribution is 0.395. The van der Waals surface area contributed by atoms with E-state index in [-0.39, 0.29) is 0 Å². The third-order valence-corrected chi connectivity index (χ3v) is 3.91. The second-order valence-electron chi connectivity index (χ2n) is 5.12. The maximum atomic E-state index is 5.76. The van der Waals surface area contributed by atoms with Crippen molar-refractivity contribution in [1.82, 2.24) is 4.98 Å². The van der Waals surface area contributed by atoms with Crippen LogP contribution in [-0.4, -0.2) is 25.7 Å². The van der Waals surface area contributed by atoms with Gasteiger partial charge in [0.1, 0.15) is 11.5 Å². The van der Waals surface area contributed by atoms with Gasteiger partial charge in [0, 0.05) is 28.8 Å². The second kappa shape index (κ2) is 6.12. The van der Waals surface area contributed by atoms with Crippen LogP contribution in [0.4, 0.5) is 0 Å². The van der Waals surface area contributed by atoms with E-state index in [1.165, 1.54) is 0 Å². The monoisotopic (exact) mass is 296 g/mol. The van der Waals surface area contributed by atoms with E-state index in [4.69, 9.17) is 15.2 Å². The fourth-order valence-electron chi connectivity index (χ4n) is 2.90. The van der Waals surface area contributed by atoms with Crippen molar-refractivity contribution in [2.75, 3.05) is 20.8 Å². The highest BCUT2D eigenvalue weighted by atomic mass is 16.5. The number of hydrogen-bond acceptors (Lipinski definition) is 3. The highest BCUT2D eigenvalue weighted by Crippen LogP contribution is 2.41. The minimum atomic E-state index is 0.567. The van der Waals surface area contributed by atoms with Crippen LogP contribution in [0.5, 0.6) is 11.5 Å². The standard InChI is InChI=1S/C18H20N2O2/c1-21-15-10-16(22-2)17-14(12-6-4-3-5-7-12)11-20-18(17)13(15)8-9-19/h3-7,10-11,20H,8-9,19H2,1-2H3. The van der Waals surface area contributed by atoms with Crippen LogP contribution in [0.3, 0.4) is 0 Å². The smallest absolute Gasteiger partial charge is 0.132 e. The van der Waals surface area contributed by atoms with Crippen molar-refractivity contribution in [3.8, 4) is 22.6 Å². The fraction of sp³-hybridized carbons (Fsp3) is 0.222. The van der Waals surface area contributed by atoms with Gasteiger partial charge in [0.25, 0.3) is 0 Å². The molecule has 0 saturated heterocycles. The van der Waals surface area contributed by atoms with E-state index in [0.717, 1.165) is 45.5 Å². The Morgan fingerprint density at radius 3 is 2.41 bits per heavy atom. The van der Waals surface area contributed by atoms with E-state index in [2.05, 4.69) is 17.1 Å². The summed E-state index contributed by atoms with van der Waals surface area (Å²) in [7, 11) is 3.35. The lowest BCUT2D eigenvalue weighted by Crippen LogP contribution is -2.05. The molecule has 3 rings (SSSR count). The van der Waals surface area contributed by atoms with Crippen molar-refractivity contribution in [1.29, 1.82) is 0 Å². The van der Waals surface area contributed by atoms with Gasteiger partial charge in [0.15, 0.2) is 0 Å². The average Bonchev–Trinajstić information content (AvgIpc) is 3.01. The third kappa shape index (κ3) is 2.31. The highest BCUT2D eigenvalue weighted by Gasteiger charge is 2.18. The molecule has 0 spiro atoms. The van der Waals surface area contributed by atoms with Gasteiger partial charge in [-0.2, -0.15) is 0 Å². The second-order valence-corrected chi connectivity index (χ2v) is 5.12. The first-order valence-corrected chi connectivity index (χ1v) is 7.30. The molecule has 1 aromatic heterocycles. The summed E-state index contributed by atoms with van der Waals surface area (Å²) in [5, 5.41) is 1.07. The van der Waals surface area contributed by atoms with Crippen molar-refractivity contribution in [2.24, 2.45) is 5.73 Å². The zero-order valence-corrected chi connectivity index (χ0v) is 12.8. The number of rotatable bonds is 5. The summed E-state index contributed by atoms with van der Waals surface area (Å²) in [6.45, 7) is 0.567. The Morgan fingerprint density at radius 2 is 1.77 bits per heavy atom. The Labute approximate surface area is 129 Å². The molecule has 0 radical (unpaired) electrons. The highest BCUT2D eigenvalue weighted by molar-refractivity contribution is 6.02. The maximum absolute atomic E-state index is 5.76. The molecular formula is C18H20N2O2. The van der Waals surface area contributed by atoms with E-state index in [1.807, 2.05) is 30.5 Å². The molecule has 0 aliphatic rings. The molecule has 3 N–H and O–H groups in total. The molecule has 22 heavy (non-hydrogen) atoms. The lowest BCUT2D eigenvalue weighted by atomic mass is 10.00. The summed E-state index contributed by atoms with van der Waals surface area (Å²) in [6.07, 6.45) is 2.76. The lowest BCUT2D eigenvalue weighted by Gasteiger charge is -2.13. The summed E-state index contributed by atoms with van der Waals surface area (Å²) < 4.78 is 11.1. The molecule has 0 unspecified atom stereocenters. The van der Waals surface area contributed by atoms with E-state index in [0.29, 0.717) is 6.54 Å². The van der Waals surface area contributed by atoms with Gasteiger partial charge in [-0.05, 0) is 18.5 Å². The largest absolute Gasteiger partial charge is 0.496 e. The molecule has 0 saturated carbocycles. The predicted octanol–water partition coefficient (Wildman–Crippen LogP) is 3.35. The molecule has 1 heterocycles. The fourth-order valence-corrected chi connectivity index (χ4v) is 2.90. The van der Waals surface area contributed by atoms with Crippen LogP contribution in [0.25, 0.3) is 22.0 Å². The van der Waals surface area contributed by atoms with Gasteiger partial charge in [0.2, 0.25) is 0 Å². The summed E-state index contributed by atoms with van der Waals surface area (Å²) in [4.78, 5) is 3.37. The van der Waals surface area contributed by atoms with Gasteiger partial charge in [-0.15, -0.1) is 0 Å². The third-order valence-electron chi connectivity index (χ3n) is 3.91. The van der Waals surface area contributed by atoms with Crippen LogP contribution in [0, 0.1) is 0 Å². The average molecular weight is 296 g/mol. The van der Waals surface area contributed by atoms with Gasteiger partial charge >= 0.3 is 0 Å². The molecule has 4 nitrogen and oxygen atoms in total. The summed E-state index contributed by atoms with van der Waals surface area (Å²) in [5.41, 5.74) is 10.1. The first-order valence-electron chi connectivity index (χ1n) is 7.30. The van der Waals surface area contributed by atoms with E-state index >= 15 is 0 Å². The van der Waals surface area contributed by atoms with E-state index in [1.54, 1.807) is 14.2 Å². The number of nitrogens with two attached hydrogens (primary N) is 1. The van der Waals surface area contributed by atoms with Crippen molar-refractivity contribution in [3.05, 3.63) is 48.2 Å². The molecule has 0 atom stereocenters. The van der Waals surface area contributed by atoms with E-state index < -0.39 is 0 Å². The first-order chi connectivity index (χ1) is 10.8. The molecule has 3 aromatic rings. The Kier molecular flexibility index (Phi) is 4.02. The molecule has 0 amide bonds. The Balaban J connectivity index is 2.32. The normalized spacial score (nSPS) is 10.9. The molecular weight excluding hydrogens is 276 g/mol.